The molecule has 108 valence electrons. The van der Waals surface area contributed by atoms with Crippen LogP contribution in [-0.2, 0) is 10.0 Å². The summed E-state index contributed by atoms with van der Waals surface area (Å²) in [6, 6.07) is 5.06. The largest absolute Gasteiger partial charge is 0.339 e. The van der Waals surface area contributed by atoms with Gasteiger partial charge in [0.2, 0.25) is 10.0 Å². The van der Waals surface area contributed by atoms with Gasteiger partial charge >= 0.3 is 0 Å². The molecule has 4 rings (SSSR count). The van der Waals surface area contributed by atoms with Crippen molar-refractivity contribution in [3.05, 3.63) is 30.7 Å². The normalized spacial score (nSPS) is 17.4. The quantitative estimate of drug-likeness (QED) is 0.774. The van der Waals surface area contributed by atoms with Crippen LogP contribution in [0.5, 0.6) is 0 Å². The van der Waals surface area contributed by atoms with Gasteiger partial charge in [-0.05, 0) is 31.9 Å². The Bertz CT molecular complexity index is 957. The minimum absolute atomic E-state index is 0.266. The Morgan fingerprint density at radius 3 is 2.86 bits per heavy atom. The van der Waals surface area contributed by atoms with Crippen LogP contribution in [0, 0.1) is 0 Å². The molecule has 0 aliphatic heterocycles. The van der Waals surface area contributed by atoms with E-state index < -0.39 is 10.0 Å². The highest BCUT2D eigenvalue weighted by atomic mass is 32.2. The van der Waals surface area contributed by atoms with E-state index in [-0.39, 0.29) is 10.4 Å². The molecule has 2 N–H and O–H groups in total. The van der Waals surface area contributed by atoms with Crippen molar-refractivity contribution in [3.8, 4) is 0 Å². The van der Waals surface area contributed by atoms with Crippen molar-refractivity contribution in [2.24, 2.45) is 0 Å². The third-order valence-corrected chi connectivity index (χ3v) is 5.57. The molecule has 2 aromatic heterocycles. The third-order valence-electron chi connectivity index (χ3n) is 3.94. The molecule has 0 radical (unpaired) electrons. The fraction of sp³-hybridized carbons (Fsp3) is 0.286. The molecule has 1 aliphatic rings. The monoisotopic (exact) mass is 302 g/mol. The molecule has 0 amide bonds. The summed E-state index contributed by atoms with van der Waals surface area (Å²) in [5, 5.41) is 1.81. The zero-order chi connectivity index (χ0) is 14.7. The summed E-state index contributed by atoms with van der Waals surface area (Å²) in [4.78, 5) is 11.5. The van der Waals surface area contributed by atoms with Crippen LogP contribution in [0.4, 0.5) is 0 Å². The second-order valence-corrected chi connectivity index (χ2v) is 7.47. The van der Waals surface area contributed by atoms with Crippen molar-refractivity contribution in [2.45, 2.75) is 30.2 Å². The van der Waals surface area contributed by atoms with Gasteiger partial charge in [-0.2, -0.15) is 0 Å². The maximum absolute atomic E-state index is 12.4. The Morgan fingerprint density at radius 1 is 1.29 bits per heavy atom. The Kier molecular flexibility index (Phi) is 2.44. The molecule has 3 aromatic rings. The first-order valence-corrected chi connectivity index (χ1v) is 8.21. The maximum Gasteiger partial charge on any atom is 0.241 e. The SMILES string of the molecule is CC1(NS(=O)(=O)c2ccc3c(c2)[nH]c2ncncc23)CC1. The van der Waals surface area contributed by atoms with Gasteiger partial charge in [-0.3, -0.25) is 0 Å². The highest BCUT2D eigenvalue weighted by Gasteiger charge is 2.41. The molecule has 7 heteroatoms. The first-order valence-electron chi connectivity index (χ1n) is 6.72. The Balaban J connectivity index is 1.85. The summed E-state index contributed by atoms with van der Waals surface area (Å²) in [5.41, 5.74) is 1.17. The standard InChI is InChI=1S/C14H14N4O2S/c1-14(4-5-14)18-21(19,20)9-2-3-10-11-7-15-8-16-13(11)17-12(10)6-9/h2-3,6-8,18H,4-5H2,1H3,(H,15,16,17). The first-order chi connectivity index (χ1) is 9.97. The van der Waals surface area contributed by atoms with Gasteiger partial charge in [-0.25, -0.2) is 23.1 Å². The fourth-order valence-corrected chi connectivity index (χ4v) is 3.95. The predicted molar refractivity (Wildman–Crippen MR) is 79.4 cm³/mol. The lowest BCUT2D eigenvalue weighted by Crippen LogP contribution is -2.34. The summed E-state index contributed by atoms with van der Waals surface area (Å²) in [5.74, 6) is 0. The van der Waals surface area contributed by atoms with Crippen LogP contribution in [0.2, 0.25) is 0 Å². The van der Waals surface area contributed by atoms with Gasteiger partial charge in [0.1, 0.15) is 12.0 Å². The molecule has 0 bridgehead atoms. The van der Waals surface area contributed by atoms with Crippen molar-refractivity contribution >= 4 is 32.0 Å². The second kappa shape index (κ2) is 4.02. The van der Waals surface area contributed by atoms with Crippen molar-refractivity contribution in [1.82, 2.24) is 19.7 Å². The Morgan fingerprint density at radius 2 is 2.10 bits per heavy atom. The van der Waals surface area contributed by atoms with Gasteiger partial charge in [0.05, 0.1) is 4.90 Å². The molecule has 1 aliphatic carbocycles. The van der Waals surface area contributed by atoms with Crippen LogP contribution in [0.1, 0.15) is 19.8 Å². The number of fused-ring (bicyclic) bond motifs is 3. The molecular formula is C14H14N4O2S. The van der Waals surface area contributed by atoms with Crippen LogP contribution >= 0.6 is 0 Å². The van der Waals surface area contributed by atoms with Crippen LogP contribution in [-0.4, -0.2) is 28.9 Å². The van der Waals surface area contributed by atoms with Gasteiger partial charge in [0.25, 0.3) is 0 Å². The van der Waals surface area contributed by atoms with Gasteiger partial charge in [0, 0.05) is 28.0 Å². The van der Waals surface area contributed by atoms with E-state index in [9.17, 15) is 8.42 Å². The average molecular weight is 302 g/mol. The van der Waals surface area contributed by atoms with Gasteiger partial charge in [0.15, 0.2) is 0 Å². The molecule has 21 heavy (non-hydrogen) atoms. The number of hydrogen-bond donors (Lipinski definition) is 2. The van der Waals surface area contributed by atoms with E-state index in [1.807, 2.05) is 6.92 Å². The molecule has 1 fully saturated rings. The summed E-state index contributed by atoms with van der Waals surface area (Å²) in [7, 11) is -3.49. The summed E-state index contributed by atoms with van der Waals surface area (Å²) in [6.45, 7) is 1.92. The molecule has 1 aromatic carbocycles. The van der Waals surface area contributed by atoms with Crippen molar-refractivity contribution in [2.75, 3.05) is 0 Å². The molecule has 0 atom stereocenters. The van der Waals surface area contributed by atoms with Crippen LogP contribution in [0.3, 0.4) is 0 Å². The topological polar surface area (TPSA) is 87.7 Å². The van der Waals surface area contributed by atoms with Crippen LogP contribution in [0.25, 0.3) is 21.9 Å². The van der Waals surface area contributed by atoms with Crippen molar-refractivity contribution < 1.29 is 8.42 Å². The molecule has 0 spiro atoms. The number of aromatic nitrogens is 3. The highest BCUT2D eigenvalue weighted by Crippen LogP contribution is 2.36. The zero-order valence-electron chi connectivity index (χ0n) is 11.4. The number of benzene rings is 1. The molecule has 1 saturated carbocycles. The number of sulfonamides is 1. The number of nitrogens with one attached hydrogen (secondary N) is 2. The van der Waals surface area contributed by atoms with Gasteiger partial charge < -0.3 is 4.98 Å². The van der Waals surface area contributed by atoms with Gasteiger partial charge in [-0.15, -0.1) is 0 Å². The molecular weight excluding hydrogens is 288 g/mol. The van der Waals surface area contributed by atoms with E-state index >= 15 is 0 Å². The number of H-pyrrole nitrogens is 1. The Labute approximate surface area is 121 Å². The number of hydrogen-bond acceptors (Lipinski definition) is 4. The average Bonchev–Trinajstić information content (AvgIpc) is 3.04. The molecule has 0 unspecified atom stereocenters. The van der Waals surface area contributed by atoms with E-state index in [0.717, 1.165) is 29.1 Å². The number of nitrogens with zero attached hydrogens (tertiary/aromatic N) is 2. The highest BCUT2D eigenvalue weighted by molar-refractivity contribution is 7.89. The minimum atomic E-state index is -3.49. The lowest BCUT2D eigenvalue weighted by molar-refractivity contribution is 0.558. The lowest BCUT2D eigenvalue weighted by Gasteiger charge is -2.12. The molecule has 0 saturated heterocycles. The first kappa shape index (κ1) is 12.7. The maximum atomic E-state index is 12.4. The minimum Gasteiger partial charge on any atom is -0.339 e. The van der Waals surface area contributed by atoms with Crippen LogP contribution in [0.15, 0.2) is 35.6 Å². The zero-order valence-corrected chi connectivity index (χ0v) is 12.2. The van der Waals surface area contributed by atoms with E-state index in [4.69, 9.17) is 0 Å². The number of rotatable bonds is 3. The Hall–Kier alpha value is -1.99. The van der Waals surface area contributed by atoms with E-state index in [1.54, 1.807) is 24.4 Å². The molecule has 6 nitrogen and oxygen atoms in total. The fourth-order valence-electron chi connectivity index (χ4n) is 2.46. The lowest BCUT2D eigenvalue weighted by atomic mass is 10.2. The van der Waals surface area contributed by atoms with E-state index in [1.165, 1.54) is 6.33 Å². The van der Waals surface area contributed by atoms with Crippen LogP contribution < -0.4 is 4.72 Å². The third kappa shape index (κ3) is 2.09. The van der Waals surface area contributed by atoms with E-state index in [2.05, 4.69) is 19.7 Å². The smallest absolute Gasteiger partial charge is 0.241 e. The number of aromatic amines is 1. The van der Waals surface area contributed by atoms with Crippen molar-refractivity contribution in [3.63, 3.8) is 0 Å². The molecule has 2 heterocycles. The summed E-state index contributed by atoms with van der Waals surface area (Å²) in [6.07, 6.45) is 4.95. The van der Waals surface area contributed by atoms with Crippen molar-refractivity contribution in [1.29, 1.82) is 0 Å². The second-order valence-electron chi connectivity index (χ2n) is 5.78. The summed E-state index contributed by atoms with van der Waals surface area (Å²) >= 11 is 0. The predicted octanol–water partition coefficient (Wildman–Crippen LogP) is 1.94. The van der Waals surface area contributed by atoms with E-state index in [0.29, 0.717) is 5.65 Å². The van der Waals surface area contributed by atoms with Gasteiger partial charge in [-0.1, -0.05) is 6.07 Å². The summed E-state index contributed by atoms with van der Waals surface area (Å²) < 4.78 is 27.5.